The van der Waals surface area contributed by atoms with E-state index >= 15 is 0 Å². The third-order valence-corrected chi connectivity index (χ3v) is 1.39. The van der Waals surface area contributed by atoms with E-state index in [0.29, 0.717) is 5.56 Å². The second-order valence-electron chi connectivity index (χ2n) is 2.33. The molecule has 0 amide bonds. The molecule has 0 bridgehead atoms. The van der Waals surface area contributed by atoms with Crippen LogP contribution in [0.3, 0.4) is 0 Å². The normalized spacial score (nSPS) is 10.2. The summed E-state index contributed by atoms with van der Waals surface area (Å²) in [4.78, 5) is 3.03. The molecule has 0 atom stereocenters. The van der Waals surface area contributed by atoms with Crippen LogP contribution in [-0.4, -0.2) is 9.78 Å². The van der Waals surface area contributed by atoms with Crippen molar-refractivity contribution in [2.75, 3.05) is 0 Å². The summed E-state index contributed by atoms with van der Waals surface area (Å²) in [6, 6.07) is 0. The molecule has 1 rings (SSSR count). The predicted molar refractivity (Wildman–Crippen MR) is 38.5 cm³/mol. The summed E-state index contributed by atoms with van der Waals surface area (Å²) < 4.78 is 25.7. The van der Waals surface area contributed by atoms with Crippen molar-refractivity contribution in [1.82, 2.24) is 9.78 Å². The number of aryl methyl sites for hydroxylation is 1. The van der Waals surface area contributed by atoms with Crippen molar-refractivity contribution in [2.45, 2.75) is 13.0 Å². The van der Waals surface area contributed by atoms with Crippen molar-refractivity contribution in [2.24, 2.45) is 7.05 Å². The van der Waals surface area contributed by atoms with Gasteiger partial charge in [0.15, 0.2) is 0 Å². The Morgan fingerprint density at radius 1 is 1.75 bits per heavy atom. The first kappa shape index (κ1) is 8.65. The van der Waals surface area contributed by atoms with Gasteiger partial charge in [0.25, 0.3) is 6.43 Å². The van der Waals surface area contributed by atoms with Gasteiger partial charge in [-0.2, -0.15) is 5.10 Å². The van der Waals surface area contributed by atoms with Crippen molar-refractivity contribution in [3.8, 4) is 0 Å². The van der Waals surface area contributed by atoms with E-state index in [1.54, 1.807) is 7.05 Å². The molecule has 1 aromatic heterocycles. The quantitative estimate of drug-likeness (QED) is 0.621. The molecular formula is C7H7F2N3. The molecule has 0 saturated heterocycles. The minimum atomic E-state index is -2.59. The van der Waals surface area contributed by atoms with E-state index in [0.717, 1.165) is 0 Å². The lowest BCUT2D eigenvalue weighted by Gasteiger charge is -1.92. The fraction of sp³-hybridized carbons (Fsp3) is 0.429. The molecule has 0 unspecified atom stereocenters. The van der Waals surface area contributed by atoms with Crippen LogP contribution >= 0.6 is 0 Å². The largest absolute Gasteiger partial charge is 0.312 e. The molecule has 0 aromatic carbocycles. The topological polar surface area (TPSA) is 22.2 Å². The first-order valence-corrected chi connectivity index (χ1v) is 3.29. The van der Waals surface area contributed by atoms with E-state index in [2.05, 4.69) is 9.94 Å². The van der Waals surface area contributed by atoms with Crippen LogP contribution in [0, 0.1) is 6.57 Å². The van der Waals surface area contributed by atoms with Crippen LogP contribution in [-0.2, 0) is 13.6 Å². The Bertz CT molecular complexity index is 311. The van der Waals surface area contributed by atoms with Crippen molar-refractivity contribution < 1.29 is 8.78 Å². The van der Waals surface area contributed by atoms with Crippen molar-refractivity contribution in [1.29, 1.82) is 0 Å². The molecule has 64 valence electrons. The van der Waals surface area contributed by atoms with Gasteiger partial charge >= 0.3 is 0 Å². The Morgan fingerprint density at radius 2 is 2.42 bits per heavy atom. The van der Waals surface area contributed by atoms with Crippen LogP contribution in [0.15, 0.2) is 6.20 Å². The smallest absolute Gasteiger partial charge is 0.282 e. The molecule has 0 aliphatic rings. The monoisotopic (exact) mass is 171 g/mol. The van der Waals surface area contributed by atoms with Crippen molar-refractivity contribution in [3.05, 3.63) is 28.9 Å². The summed E-state index contributed by atoms with van der Waals surface area (Å²) in [6.45, 7) is 6.50. The zero-order chi connectivity index (χ0) is 9.14. The number of rotatable bonds is 2. The molecule has 5 heteroatoms. The lowest BCUT2D eigenvalue weighted by Crippen LogP contribution is -1.92. The minimum Gasteiger partial charge on any atom is -0.312 e. The number of aromatic nitrogens is 2. The van der Waals surface area contributed by atoms with Gasteiger partial charge in [-0.3, -0.25) is 4.68 Å². The third kappa shape index (κ3) is 1.59. The van der Waals surface area contributed by atoms with E-state index in [1.165, 1.54) is 10.9 Å². The predicted octanol–water partition coefficient (Wildman–Crippen LogP) is 1.78. The second-order valence-corrected chi connectivity index (χ2v) is 2.33. The number of halogens is 2. The van der Waals surface area contributed by atoms with Crippen LogP contribution in [0.2, 0.25) is 0 Å². The highest BCUT2D eigenvalue weighted by Crippen LogP contribution is 2.21. The first-order valence-electron chi connectivity index (χ1n) is 3.29. The fourth-order valence-electron chi connectivity index (χ4n) is 0.945. The van der Waals surface area contributed by atoms with Crippen LogP contribution in [0.1, 0.15) is 17.7 Å². The standard InChI is InChI=1S/C7H7F2N3/c1-10-3-5-4-12(2)11-6(5)7(8)9/h4,7H,3H2,2H3. The molecule has 1 aromatic rings. The van der Waals surface area contributed by atoms with Crippen LogP contribution in [0.25, 0.3) is 4.85 Å². The molecule has 0 spiro atoms. The average Bonchev–Trinajstić information content (AvgIpc) is 2.32. The molecule has 0 saturated carbocycles. The molecule has 0 aliphatic heterocycles. The van der Waals surface area contributed by atoms with Gasteiger partial charge < -0.3 is 4.85 Å². The van der Waals surface area contributed by atoms with Crippen LogP contribution in [0.4, 0.5) is 8.78 Å². The van der Waals surface area contributed by atoms with E-state index in [9.17, 15) is 8.78 Å². The Kier molecular flexibility index (Phi) is 2.38. The van der Waals surface area contributed by atoms with Gasteiger partial charge in [-0.25, -0.2) is 15.4 Å². The number of nitrogens with zero attached hydrogens (tertiary/aromatic N) is 3. The number of hydrogen-bond donors (Lipinski definition) is 0. The van der Waals surface area contributed by atoms with Gasteiger partial charge in [0.05, 0.1) is 5.56 Å². The summed E-state index contributed by atoms with van der Waals surface area (Å²) in [7, 11) is 1.55. The highest BCUT2D eigenvalue weighted by molar-refractivity contribution is 5.19. The summed E-state index contributed by atoms with van der Waals surface area (Å²) >= 11 is 0. The lowest BCUT2D eigenvalue weighted by molar-refractivity contribution is 0.144. The highest BCUT2D eigenvalue weighted by atomic mass is 19.3. The van der Waals surface area contributed by atoms with E-state index < -0.39 is 6.43 Å². The molecule has 12 heavy (non-hydrogen) atoms. The maximum absolute atomic E-state index is 12.2. The molecule has 0 aliphatic carbocycles. The molecule has 3 nitrogen and oxygen atoms in total. The number of alkyl halides is 2. The summed E-state index contributed by atoms with van der Waals surface area (Å²) in [6.07, 6.45) is -1.15. The Balaban J connectivity index is 3.01. The maximum atomic E-state index is 12.2. The Hall–Kier alpha value is -1.44. The molecule has 0 fully saturated rings. The van der Waals surface area contributed by atoms with Crippen molar-refractivity contribution in [3.63, 3.8) is 0 Å². The van der Waals surface area contributed by atoms with Crippen LogP contribution in [0.5, 0.6) is 0 Å². The van der Waals surface area contributed by atoms with E-state index in [-0.39, 0.29) is 12.2 Å². The highest BCUT2D eigenvalue weighted by Gasteiger charge is 2.18. The van der Waals surface area contributed by atoms with E-state index in [1.807, 2.05) is 0 Å². The molecular weight excluding hydrogens is 164 g/mol. The van der Waals surface area contributed by atoms with Gasteiger partial charge in [-0.05, 0) is 0 Å². The Morgan fingerprint density at radius 3 is 2.92 bits per heavy atom. The first-order chi connectivity index (χ1) is 5.65. The lowest BCUT2D eigenvalue weighted by atomic mass is 10.2. The summed E-state index contributed by atoms with van der Waals surface area (Å²) in [5, 5.41) is 3.55. The second kappa shape index (κ2) is 3.30. The minimum absolute atomic E-state index is 0.0342. The Labute approximate surface area is 68.4 Å². The molecule has 1 heterocycles. The fourth-order valence-corrected chi connectivity index (χ4v) is 0.945. The van der Waals surface area contributed by atoms with Gasteiger partial charge in [-0.1, -0.05) is 0 Å². The van der Waals surface area contributed by atoms with E-state index in [4.69, 9.17) is 6.57 Å². The maximum Gasteiger partial charge on any atom is 0.282 e. The van der Waals surface area contributed by atoms with Crippen molar-refractivity contribution >= 4 is 0 Å². The zero-order valence-electron chi connectivity index (χ0n) is 6.46. The summed E-state index contributed by atoms with van der Waals surface area (Å²) in [5.41, 5.74) is 0.0241. The van der Waals surface area contributed by atoms with Gasteiger partial charge in [0.1, 0.15) is 5.69 Å². The average molecular weight is 171 g/mol. The van der Waals surface area contributed by atoms with Gasteiger partial charge in [0, 0.05) is 13.2 Å². The SMILES string of the molecule is [C-]#[N+]Cc1cn(C)nc1C(F)F. The summed E-state index contributed by atoms with van der Waals surface area (Å²) in [5.74, 6) is 0. The van der Waals surface area contributed by atoms with Crippen LogP contribution < -0.4 is 0 Å². The number of hydrogen-bond acceptors (Lipinski definition) is 1. The molecule has 0 radical (unpaired) electrons. The van der Waals surface area contributed by atoms with Gasteiger partial charge in [0.2, 0.25) is 6.54 Å². The zero-order valence-corrected chi connectivity index (χ0v) is 6.46. The third-order valence-electron chi connectivity index (χ3n) is 1.39. The van der Waals surface area contributed by atoms with Gasteiger partial charge in [-0.15, -0.1) is 0 Å². The molecule has 0 N–H and O–H groups in total.